The maximum Gasteiger partial charge on any atom is 0.0327 e. The molecule has 1 unspecified atom stereocenters. The molecule has 1 atom stereocenters. The van der Waals surface area contributed by atoms with Gasteiger partial charge in [0.2, 0.25) is 0 Å². The van der Waals surface area contributed by atoms with Gasteiger partial charge in [0.05, 0.1) is 0 Å². The van der Waals surface area contributed by atoms with E-state index >= 15 is 0 Å². The van der Waals surface area contributed by atoms with E-state index in [1.54, 1.807) is 0 Å². The predicted molar refractivity (Wildman–Crippen MR) is 83.1 cm³/mol. The molecule has 0 amide bonds. The highest BCUT2D eigenvalue weighted by Gasteiger charge is 2.30. The Balaban J connectivity index is 1.79. The first-order valence-corrected chi connectivity index (χ1v) is 8.40. The molecule has 1 aliphatic heterocycles. The van der Waals surface area contributed by atoms with Crippen molar-refractivity contribution in [3.05, 3.63) is 20.8 Å². The number of piperidine rings is 1. The van der Waals surface area contributed by atoms with E-state index in [0.717, 1.165) is 19.0 Å². The van der Waals surface area contributed by atoms with Gasteiger partial charge in [0.25, 0.3) is 0 Å². The minimum absolute atomic E-state index is 0.372. The van der Waals surface area contributed by atoms with Crippen LogP contribution in [0.5, 0.6) is 0 Å². The Morgan fingerprint density at radius 2 is 2.39 bits per heavy atom. The number of hydrogen-bond donors (Lipinski definition) is 2. The summed E-state index contributed by atoms with van der Waals surface area (Å²) in [4.78, 5) is 1.40. The van der Waals surface area contributed by atoms with Gasteiger partial charge in [0.1, 0.15) is 0 Å². The zero-order valence-electron chi connectivity index (χ0n) is 11.3. The lowest BCUT2D eigenvalue weighted by atomic mass is 9.75. The monoisotopic (exact) mass is 330 g/mol. The van der Waals surface area contributed by atoms with Gasteiger partial charge >= 0.3 is 0 Å². The molecule has 1 aromatic rings. The van der Waals surface area contributed by atoms with Gasteiger partial charge in [0.15, 0.2) is 0 Å². The molecule has 2 N–H and O–H groups in total. The molecule has 1 aromatic heterocycles. The molecule has 0 spiro atoms. The van der Waals surface area contributed by atoms with Crippen molar-refractivity contribution < 1.29 is 0 Å². The normalized spacial score (nSPS) is 21.2. The Morgan fingerprint density at radius 1 is 1.56 bits per heavy atom. The molecule has 18 heavy (non-hydrogen) atoms. The zero-order chi connectivity index (χ0) is 13.0. The maximum atomic E-state index is 3.62. The average molecular weight is 331 g/mol. The molecule has 2 heterocycles. The van der Waals surface area contributed by atoms with Gasteiger partial charge in [-0.25, -0.2) is 0 Å². The lowest BCUT2D eigenvalue weighted by molar-refractivity contribution is 0.166. The molecule has 1 aliphatic rings. The Hall–Kier alpha value is 0.1000. The second-order valence-electron chi connectivity index (χ2n) is 5.83. The first kappa shape index (κ1) is 14.5. The summed E-state index contributed by atoms with van der Waals surface area (Å²) < 4.78 is 1.23. The maximum absolute atomic E-state index is 3.62. The number of hydrogen-bond acceptors (Lipinski definition) is 3. The number of thiophene rings is 1. The third-order valence-corrected chi connectivity index (χ3v) is 5.89. The molecule has 1 saturated heterocycles. The van der Waals surface area contributed by atoms with Crippen molar-refractivity contribution in [3.63, 3.8) is 0 Å². The summed E-state index contributed by atoms with van der Waals surface area (Å²) in [6.07, 6.45) is 2.69. The highest BCUT2D eigenvalue weighted by Crippen LogP contribution is 2.31. The number of rotatable bonds is 5. The van der Waals surface area contributed by atoms with Crippen LogP contribution in [0.1, 0.15) is 31.6 Å². The molecule has 0 aliphatic carbocycles. The lowest BCUT2D eigenvalue weighted by Gasteiger charge is -2.37. The predicted octanol–water partition coefficient (Wildman–Crippen LogP) is 3.63. The number of halogens is 1. The van der Waals surface area contributed by atoms with E-state index in [1.807, 2.05) is 11.3 Å². The zero-order valence-corrected chi connectivity index (χ0v) is 13.7. The fourth-order valence-corrected chi connectivity index (χ4v) is 4.07. The first-order chi connectivity index (χ1) is 8.59. The molecule has 102 valence electrons. The Kier molecular flexibility index (Phi) is 5.24. The van der Waals surface area contributed by atoms with Crippen molar-refractivity contribution in [2.75, 3.05) is 19.6 Å². The molecule has 0 aromatic carbocycles. The summed E-state index contributed by atoms with van der Waals surface area (Å²) in [6.45, 7) is 9.22. The van der Waals surface area contributed by atoms with Crippen LogP contribution in [0.25, 0.3) is 0 Å². The fourth-order valence-electron chi connectivity index (χ4n) is 2.61. The average Bonchev–Trinajstić information content (AvgIpc) is 2.76. The first-order valence-electron chi connectivity index (χ1n) is 6.73. The van der Waals surface area contributed by atoms with E-state index in [2.05, 4.69) is 51.9 Å². The fraction of sp³-hybridized carbons (Fsp3) is 0.714. The highest BCUT2D eigenvalue weighted by molar-refractivity contribution is 9.10. The summed E-state index contributed by atoms with van der Waals surface area (Å²) >= 11 is 5.40. The minimum Gasteiger partial charge on any atom is -0.316 e. The quantitative estimate of drug-likeness (QED) is 0.861. The van der Waals surface area contributed by atoms with E-state index in [4.69, 9.17) is 0 Å². The second kappa shape index (κ2) is 6.51. The second-order valence-corrected chi connectivity index (χ2v) is 7.68. The largest absolute Gasteiger partial charge is 0.316 e. The summed E-state index contributed by atoms with van der Waals surface area (Å²) in [5, 5.41) is 9.28. The van der Waals surface area contributed by atoms with Gasteiger partial charge in [-0.3, -0.25) is 0 Å². The van der Waals surface area contributed by atoms with Crippen molar-refractivity contribution in [2.45, 2.75) is 33.2 Å². The smallest absolute Gasteiger partial charge is 0.0327 e. The van der Waals surface area contributed by atoms with Gasteiger partial charge in [-0.2, -0.15) is 0 Å². The van der Waals surface area contributed by atoms with Crippen molar-refractivity contribution in [1.82, 2.24) is 10.6 Å². The molecular formula is C14H23BrN2S. The van der Waals surface area contributed by atoms with Crippen molar-refractivity contribution in [1.29, 1.82) is 0 Å². The van der Waals surface area contributed by atoms with Crippen molar-refractivity contribution >= 4 is 27.3 Å². The molecular weight excluding hydrogens is 308 g/mol. The van der Waals surface area contributed by atoms with E-state index in [-0.39, 0.29) is 0 Å². The molecule has 1 fully saturated rings. The van der Waals surface area contributed by atoms with Crippen LogP contribution in [0.4, 0.5) is 0 Å². The summed E-state index contributed by atoms with van der Waals surface area (Å²) in [7, 11) is 0. The Morgan fingerprint density at radius 3 is 3.00 bits per heavy atom. The van der Waals surface area contributed by atoms with Crippen LogP contribution in [-0.4, -0.2) is 19.6 Å². The van der Waals surface area contributed by atoms with Crippen LogP contribution in [-0.2, 0) is 6.54 Å². The standard InChI is InChI=1S/C14H23BrN2S/c1-14(2,11-4-3-6-16-8-11)10-17-9-13-12(15)5-7-18-13/h5,7,11,16-17H,3-4,6,8-10H2,1-2H3. The van der Waals surface area contributed by atoms with E-state index in [1.165, 1.54) is 35.3 Å². The van der Waals surface area contributed by atoms with Crippen molar-refractivity contribution in [3.8, 4) is 0 Å². The molecule has 0 bridgehead atoms. The van der Waals surface area contributed by atoms with Gasteiger partial charge in [-0.15, -0.1) is 11.3 Å². The Labute approximate surface area is 123 Å². The lowest BCUT2D eigenvalue weighted by Crippen LogP contribution is -2.43. The van der Waals surface area contributed by atoms with Gasteiger partial charge in [-0.1, -0.05) is 13.8 Å². The van der Waals surface area contributed by atoms with Crippen LogP contribution in [0, 0.1) is 11.3 Å². The topological polar surface area (TPSA) is 24.1 Å². The summed E-state index contributed by atoms with van der Waals surface area (Å²) in [6, 6.07) is 2.12. The van der Waals surface area contributed by atoms with E-state index in [9.17, 15) is 0 Å². The summed E-state index contributed by atoms with van der Waals surface area (Å²) in [5.41, 5.74) is 0.372. The Bertz CT molecular complexity index is 370. The highest BCUT2D eigenvalue weighted by atomic mass is 79.9. The van der Waals surface area contributed by atoms with Crippen LogP contribution in [0.3, 0.4) is 0 Å². The van der Waals surface area contributed by atoms with Crippen LogP contribution in [0.2, 0.25) is 0 Å². The van der Waals surface area contributed by atoms with Crippen LogP contribution < -0.4 is 10.6 Å². The van der Waals surface area contributed by atoms with E-state index in [0.29, 0.717) is 5.41 Å². The molecule has 4 heteroatoms. The van der Waals surface area contributed by atoms with Crippen molar-refractivity contribution in [2.24, 2.45) is 11.3 Å². The third kappa shape index (κ3) is 3.80. The van der Waals surface area contributed by atoms with Crippen LogP contribution in [0.15, 0.2) is 15.9 Å². The molecule has 2 rings (SSSR count). The van der Waals surface area contributed by atoms with Crippen LogP contribution >= 0.6 is 27.3 Å². The number of nitrogens with one attached hydrogen (secondary N) is 2. The summed E-state index contributed by atoms with van der Waals surface area (Å²) in [5.74, 6) is 0.797. The molecule has 0 radical (unpaired) electrons. The molecule has 2 nitrogen and oxygen atoms in total. The van der Waals surface area contributed by atoms with Gasteiger partial charge in [0, 0.05) is 22.4 Å². The van der Waals surface area contributed by atoms with Gasteiger partial charge < -0.3 is 10.6 Å². The minimum atomic E-state index is 0.372. The van der Waals surface area contributed by atoms with E-state index < -0.39 is 0 Å². The molecule has 0 saturated carbocycles. The van der Waals surface area contributed by atoms with Gasteiger partial charge in [-0.05, 0) is 64.6 Å². The SMILES string of the molecule is CC(C)(CNCc1sccc1Br)C1CCCNC1. The third-order valence-electron chi connectivity index (χ3n) is 3.96.